The van der Waals surface area contributed by atoms with Crippen LogP contribution in [0.2, 0.25) is 5.02 Å². The fourth-order valence-corrected chi connectivity index (χ4v) is 4.02. The van der Waals surface area contributed by atoms with Crippen molar-refractivity contribution in [2.75, 3.05) is 0 Å². The van der Waals surface area contributed by atoms with E-state index < -0.39 is 10.8 Å². The topological polar surface area (TPSA) is 115 Å². The lowest BCUT2D eigenvalue weighted by Crippen LogP contribution is -2.18. The van der Waals surface area contributed by atoms with E-state index in [-0.39, 0.29) is 5.69 Å². The minimum atomic E-state index is -0.479. The number of carbonyl (C=O) groups is 1. The highest BCUT2D eigenvalue weighted by Crippen LogP contribution is 2.29. The zero-order valence-electron chi connectivity index (χ0n) is 19.5. The smallest absolute Gasteiger partial charge is 0.267 e. The molecular formula is C27H19ClN6O3. The molecule has 0 aliphatic carbocycles. The summed E-state index contributed by atoms with van der Waals surface area (Å²) in [6.45, 7) is 1.82. The van der Waals surface area contributed by atoms with Crippen LogP contribution in [0, 0.1) is 17.0 Å². The van der Waals surface area contributed by atoms with Gasteiger partial charge in [-0.05, 0) is 55.0 Å². The average molecular weight is 511 g/mol. The molecule has 0 radical (unpaired) electrons. The first-order valence-corrected chi connectivity index (χ1v) is 11.6. The van der Waals surface area contributed by atoms with Crippen molar-refractivity contribution in [2.24, 2.45) is 5.10 Å². The Kier molecular flexibility index (Phi) is 6.44. The number of amides is 1. The van der Waals surface area contributed by atoms with Crippen LogP contribution in [0.5, 0.6) is 0 Å². The Hall–Kier alpha value is -4.89. The van der Waals surface area contributed by atoms with E-state index in [9.17, 15) is 14.9 Å². The number of aromatic nitrogens is 3. The van der Waals surface area contributed by atoms with Crippen molar-refractivity contribution in [1.29, 1.82) is 0 Å². The molecule has 3 aromatic carbocycles. The van der Waals surface area contributed by atoms with E-state index in [2.05, 4.69) is 15.6 Å². The molecule has 0 unspecified atom stereocenters. The van der Waals surface area contributed by atoms with Gasteiger partial charge in [0, 0.05) is 22.7 Å². The fourth-order valence-electron chi connectivity index (χ4n) is 3.89. The number of hydrogen-bond donors (Lipinski definition) is 1. The van der Waals surface area contributed by atoms with E-state index in [4.69, 9.17) is 16.6 Å². The van der Waals surface area contributed by atoms with E-state index in [1.807, 2.05) is 49.4 Å². The summed E-state index contributed by atoms with van der Waals surface area (Å²) < 4.78 is 1.71. The van der Waals surface area contributed by atoms with Gasteiger partial charge in [-0.25, -0.2) is 15.1 Å². The summed E-state index contributed by atoms with van der Waals surface area (Å²) in [4.78, 5) is 28.5. The van der Waals surface area contributed by atoms with Crippen molar-refractivity contribution >= 4 is 40.4 Å². The first-order valence-electron chi connectivity index (χ1n) is 11.2. The highest BCUT2D eigenvalue weighted by atomic mass is 35.5. The maximum absolute atomic E-state index is 13.3. The number of rotatable bonds is 6. The second-order valence-electron chi connectivity index (χ2n) is 8.14. The Morgan fingerprint density at radius 2 is 1.76 bits per heavy atom. The van der Waals surface area contributed by atoms with Crippen LogP contribution >= 0.6 is 11.6 Å². The minimum Gasteiger partial charge on any atom is -0.267 e. The summed E-state index contributed by atoms with van der Waals surface area (Å²) in [5, 5.41) is 20.7. The van der Waals surface area contributed by atoms with Gasteiger partial charge in [0.15, 0.2) is 5.65 Å². The number of fused-ring (bicyclic) bond motifs is 1. The molecule has 5 rings (SSSR count). The van der Waals surface area contributed by atoms with Crippen LogP contribution in [0.4, 0.5) is 5.69 Å². The van der Waals surface area contributed by atoms with Crippen molar-refractivity contribution in [1.82, 2.24) is 20.2 Å². The zero-order valence-corrected chi connectivity index (χ0v) is 20.3. The molecule has 10 heteroatoms. The van der Waals surface area contributed by atoms with Gasteiger partial charge >= 0.3 is 0 Å². The first-order chi connectivity index (χ1) is 17.9. The molecule has 0 saturated carbocycles. The maximum atomic E-state index is 13.3. The molecule has 37 heavy (non-hydrogen) atoms. The molecular weight excluding hydrogens is 492 g/mol. The van der Waals surface area contributed by atoms with Crippen LogP contribution in [-0.4, -0.2) is 31.8 Å². The maximum Gasteiger partial charge on any atom is 0.272 e. The van der Waals surface area contributed by atoms with E-state index in [1.165, 1.54) is 18.3 Å². The fraction of sp³-hybridized carbons (Fsp3) is 0.0370. The molecule has 0 saturated heterocycles. The Balaban J connectivity index is 1.56. The Morgan fingerprint density at radius 3 is 2.43 bits per heavy atom. The monoisotopic (exact) mass is 510 g/mol. The highest BCUT2D eigenvalue weighted by molar-refractivity contribution is 6.30. The summed E-state index contributed by atoms with van der Waals surface area (Å²) >= 11 is 6.07. The van der Waals surface area contributed by atoms with Crippen molar-refractivity contribution in [3.63, 3.8) is 0 Å². The van der Waals surface area contributed by atoms with E-state index >= 15 is 0 Å². The predicted molar refractivity (Wildman–Crippen MR) is 142 cm³/mol. The van der Waals surface area contributed by atoms with Crippen LogP contribution in [0.15, 0.2) is 90.0 Å². The largest absolute Gasteiger partial charge is 0.272 e. The number of carbonyl (C=O) groups excluding carboxylic acids is 1. The number of nitro groups is 1. The van der Waals surface area contributed by atoms with Crippen molar-refractivity contribution in [3.05, 3.63) is 117 Å². The number of non-ortho nitro benzene ring substituents is 1. The predicted octanol–water partition coefficient (Wildman–Crippen LogP) is 5.72. The normalized spacial score (nSPS) is 11.2. The van der Waals surface area contributed by atoms with Crippen LogP contribution in [-0.2, 0) is 0 Å². The van der Waals surface area contributed by atoms with Crippen molar-refractivity contribution < 1.29 is 9.72 Å². The number of pyridine rings is 1. The summed E-state index contributed by atoms with van der Waals surface area (Å²) in [6.07, 6.45) is 1.42. The number of nitrogens with one attached hydrogen (secondary N) is 1. The molecule has 1 amide bonds. The second kappa shape index (κ2) is 10.00. The Morgan fingerprint density at radius 1 is 1.05 bits per heavy atom. The lowest BCUT2D eigenvalue weighted by Gasteiger charge is -2.09. The van der Waals surface area contributed by atoms with Crippen LogP contribution in [0.3, 0.4) is 0 Å². The van der Waals surface area contributed by atoms with E-state index in [0.29, 0.717) is 38.6 Å². The lowest BCUT2D eigenvalue weighted by molar-refractivity contribution is -0.384. The molecule has 0 atom stereocenters. The minimum absolute atomic E-state index is 0.0269. The zero-order chi connectivity index (χ0) is 25.9. The number of benzene rings is 3. The van der Waals surface area contributed by atoms with Gasteiger partial charge < -0.3 is 0 Å². The molecule has 9 nitrogen and oxygen atoms in total. The number of hydrazone groups is 1. The average Bonchev–Trinajstić information content (AvgIpc) is 3.25. The van der Waals surface area contributed by atoms with Crippen molar-refractivity contribution in [2.45, 2.75) is 6.92 Å². The number of aryl methyl sites for hydroxylation is 1. The molecule has 2 aromatic heterocycles. The Bertz CT molecular complexity index is 1650. The molecule has 182 valence electrons. The molecule has 0 aliphatic rings. The summed E-state index contributed by atoms with van der Waals surface area (Å²) in [5.41, 5.74) is 6.81. The molecule has 0 aliphatic heterocycles. The highest BCUT2D eigenvalue weighted by Gasteiger charge is 2.21. The molecule has 5 aromatic rings. The second-order valence-corrected chi connectivity index (χ2v) is 8.58. The van der Waals surface area contributed by atoms with Crippen LogP contribution in [0.25, 0.3) is 28.0 Å². The van der Waals surface area contributed by atoms with E-state index in [1.54, 1.807) is 35.0 Å². The molecule has 0 fully saturated rings. The number of halogens is 1. The van der Waals surface area contributed by atoms with Gasteiger partial charge in [0.25, 0.3) is 11.6 Å². The van der Waals surface area contributed by atoms with Gasteiger partial charge in [0.2, 0.25) is 0 Å². The van der Waals surface area contributed by atoms with Crippen LogP contribution < -0.4 is 5.43 Å². The van der Waals surface area contributed by atoms with Gasteiger partial charge in [-0.15, -0.1) is 0 Å². The number of hydrogen-bond acceptors (Lipinski definition) is 6. The molecule has 0 spiro atoms. The lowest BCUT2D eigenvalue weighted by atomic mass is 10.1. The first kappa shape index (κ1) is 23.8. The number of nitrogens with zero attached hydrogens (tertiary/aromatic N) is 5. The van der Waals surface area contributed by atoms with Gasteiger partial charge in [-0.3, -0.25) is 14.9 Å². The SMILES string of the molecule is Cc1nn(-c2ccccc2)c2nc(-c3ccc(Cl)cc3)cc(C(=O)N/N=C\c3ccc([N+](=O)[O-])cc3)c12. The summed E-state index contributed by atoms with van der Waals surface area (Å²) in [7, 11) is 0. The third kappa shape index (κ3) is 4.93. The van der Waals surface area contributed by atoms with Gasteiger partial charge in [-0.1, -0.05) is 41.9 Å². The number of para-hydroxylation sites is 1. The van der Waals surface area contributed by atoms with Crippen LogP contribution in [0.1, 0.15) is 21.6 Å². The standard InChI is InChI=1S/C27H19ClN6O3/c1-17-25-23(27(35)31-29-16-18-7-13-22(14-8-18)34(36)37)15-24(19-9-11-20(28)12-10-19)30-26(25)33(32-17)21-5-3-2-4-6-21/h2-16H,1H3,(H,31,35)/b29-16-. The third-order valence-electron chi connectivity index (χ3n) is 5.68. The quantitative estimate of drug-likeness (QED) is 0.178. The summed E-state index contributed by atoms with van der Waals surface area (Å²) in [6, 6.07) is 24.3. The third-order valence-corrected chi connectivity index (χ3v) is 5.93. The molecule has 1 N–H and O–H groups in total. The summed E-state index contributed by atoms with van der Waals surface area (Å²) in [5.74, 6) is -0.448. The Labute approximate surface area is 216 Å². The molecule has 0 bridgehead atoms. The van der Waals surface area contributed by atoms with E-state index in [0.717, 1.165) is 11.3 Å². The van der Waals surface area contributed by atoms with Gasteiger partial charge in [-0.2, -0.15) is 10.2 Å². The van der Waals surface area contributed by atoms with Gasteiger partial charge in [0.1, 0.15) is 0 Å². The number of nitro benzene ring substituents is 1. The van der Waals surface area contributed by atoms with Gasteiger partial charge in [0.05, 0.1) is 39.2 Å². The molecule has 2 heterocycles. The van der Waals surface area contributed by atoms with Crippen molar-refractivity contribution in [3.8, 4) is 16.9 Å².